The summed E-state index contributed by atoms with van der Waals surface area (Å²) in [7, 11) is 0. The first kappa shape index (κ1) is 11.3. The lowest BCUT2D eigenvalue weighted by atomic mass is 10.2. The van der Waals surface area contributed by atoms with Gasteiger partial charge in [-0.25, -0.2) is 9.89 Å². The third-order valence-electron chi connectivity index (χ3n) is 2.64. The quantitative estimate of drug-likeness (QED) is 0.706. The molecule has 2 aromatic rings. The molecule has 0 amide bonds. The van der Waals surface area contributed by atoms with Gasteiger partial charge in [0.25, 0.3) is 5.56 Å². The van der Waals surface area contributed by atoms with Crippen LogP contribution in [0.1, 0.15) is 5.56 Å². The van der Waals surface area contributed by atoms with Crippen molar-refractivity contribution in [2.24, 2.45) is 0 Å². The number of aromatic amines is 2. The number of hydrogen-bond acceptors (Lipinski definition) is 6. The van der Waals surface area contributed by atoms with Gasteiger partial charge in [0, 0.05) is 12.1 Å². The van der Waals surface area contributed by atoms with Crippen LogP contribution in [-0.4, -0.2) is 22.0 Å². The Morgan fingerprint density at radius 2 is 2.21 bits per heavy atom. The molecule has 0 saturated heterocycles. The second kappa shape index (κ2) is 4.48. The number of rotatable bonds is 3. The molecule has 3 N–H and O–H groups in total. The van der Waals surface area contributed by atoms with Crippen LogP contribution in [0.5, 0.6) is 11.5 Å². The predicted molar refractivity (Wildman–Crippen MR) is 65.4 cm³/mol. The molecule has 0 radical (unpaired) electrons. The van der Waals surface area contributed by atoms with Crippen LogP contribution in [0.2, 0.25) is 0 Å². The Balaban J connectivity index is 1.82. The first-order chi connectivity index (χ1) is 9.24. The maximum absolute atomic E-state index is 11.4. The number of ether oxygens (including phenoxy) is 2. The van der Waals surface area contributed by atoms with Gasteiger partial charge in [-0.15, -0.1) is 5.10 Å². The fraction of sp³-hybridized carbons (Fsp3) is 0.182. The molecule has 1 aromatic heterocycles. The zero-order valence-corrected chi connectivity index (χ0v) is 9.73. The maximum Gasteiger partial charge on any atom is 0.342 e. The van der Waals surface area contributed by atoms with Crippen molar-refractivity contribution in [3.05, 3.63) is 44.6 Å². The summed E-state index contributed by atoms with van der Waals surface area (Å²) in [6.45, 7) is 0.512. The molecule has 0 spiro atoms. The molecule has 1 aliphatic rings. The zero-order chi connectivity index (χ0) is 13.2. The minimum atomic E-state index is -0.645. The van der Waals surface area contributed by atoms with Crippen molar-refractivity contribution in [3.63, 3.8) is 0 Å². The Labute approximate surface area is 106 Å². The molecule has 2 heterocycles. The number of H-pyrrole nitrogens is 2. The topological polar surface area (TPSA) is 109 Å². The number of anilines is 1. The summed E-state index contributed by atoms with van der Waals surface area (Å²) < 4.78 is 10.6. The highest BCUT2D eigenvalue weighted by Gasteiger charge is 2.17. The molecule has 98 valence electrons. The summed E-state index contributed by atoms with van der Waals surface area (Å²) in [6, 6.07) is 5.48. The number of hydrogen-bond donors (Lipinski definition) is 3. The first-order valence-corrected chi connectivity index (χ1v) is 5.54. The van der Waals surface area contributed by atoms with E-state index in [2.05, 4.69) is 20.5 Å². The number of benzene rings is 1. The van der Waals surface area contributed by atoms with E-state index in [1.807, 2.05) is 12.1 Å². The normalized spacial score (nSPS) is 12.4. The van der Waals surface area contributed by atoms with Crippen LogP contribution in [0, 0.1) is 0 Å². The van der Waals surface area contributed by atoms with Gasteiger partial charge in [0.2, 0.25) is 12.6 Å². The van der Waals surface area contributed by atoms with Crippen LogP contribution < -0.4 is 26.0 Å². The lowest BCUT2D eigenvalue weighted by Gasteiger charge is -2.06. The minimum Gasteiger partial charge on any atom is -0.454 e. The molecule has 19 heavy (non-hydrogen) atoms. The average Bonchev–Trinajstić information content (AvgIpc) is 2.86. The van der Waals surface area contributed by atoms with Gasteiger partial charge < -0.3 is 14.8 Å². The van der Waals surface area contributed by atoms with Crippen molar-refractivity contribution in [2.75, 3.05) is 12.1 Å². The van der Waals surface area contributed by atoms with Gasteiger partial charge in [-0.2, -0.15) is 0 Å². The van der Waals surface area contributed by atoms with E-state index in [9.17, 15) is 9.59 Å². The molecule has 3 rings (SSSR count). The third-order valence-corrected chi connectivity index (χ3v) is 2.64. The number of nitrogens with zero attached hydrogens (tertiary/aromatic N) is 1. The van der Waals surface area contributed by atoms with Crippen molar-refractivity contribution < 1.29 is 9.47 Å². The van der Waals surface area contributed by atoms with Crippen molar-refractivity contribution in [2.45, 2.75) is 6.54 Å². The van der Waals surface area contributed by atoms with Gasteiger partial charge in [0.15, 0.2) is 11.5 Å². The molecule has 0 fully saturated rings. The number of fused-ring (bicyclic) bond motifs is 1. The number of nitrogens with one attached hydrogen (secondary N) is 3. The predicted octanol–water partition coefficient (Wildman–Crippen LogP) is -0.201. The summed E-state index contributed by atoms with van der Waals surface area (Å²) in [5, 5.41) is 8.60. The van der Waals surface area contributed by atoms with Crippen molar-refractivity contribution in [1.82, 2.24) is 15.2 Å². The Morgan fingerprint density at radius 1 is 1.32 bits per heavy atom. The average molecular weight is 262 g/mol. The van der Waals surface area contributed by atoms with Crippen molar-refractivity contribution >= 4 is 5.82 Å². The van der Waals surface area contributed by atoms with E-state index >= 15 is 0 Å². The van der Waals surface area contributed by atoms with Crippen LogP contribution >= 0.6 is 0 Å². The first-order valence-electron chi connectivity index (χ1n) is 5.54. The van der Waals surface area contributed by atoms with E-state index < -0.39 is 11.2 Å². The Bertz CT molecular complexity index is 721. The Hall–Kier alpha value is -2.77. The van der Waals surface area contributed by atoms with Gasteiger partial charge in [-0.1, -0.05) is 12.1 Å². The van der Waals surface area contributed by atoms with Gasteiger partial charge in [0.1, 0.15) is 0 Å². The molecule has 8 nitrogen and oxygen atoms in total. The van der Waals surface area contributed by atoms with E-state index in [0.717, 1.165) is 5.56 Å². The summed E-state index contributed by atoms with van der Waals surface area (Å²) in [5.74, 6) is 1.36. The molecule has 0 bridgehead atoms. The molecular formula is C11H10N4O4. The van der Waals surface area contributed by atoms with Crippen LogP contribution in [0.4, 0.5) is 5.82 Å². The van der Waals surface area contributed by atoms with E-state index in [0.29, 0.717) is 18.0 Å². The SMILES string of the molecule is O=c1[nH]nc(NCc2cccc3c2OCO3)c(=O)[nH]1. The van der Waals surface area contributed by atoms with Crippen LogP contribution in [-0.2, 0) is 6.54 Å². The van der Waals surface area contributed by atoms with Gasteiger partial charge >= 0.3 is 5.69 Å². The molecular weight excluding hydrogens is 252 g/mol. The fourth-order valence-electron chi connectivity index (χ4n) is 1.78. The van der Waals surface area contributed by atoms with Crippen molar-refractivity contribution in [3.8, 4) is 11.5 Å². The molecule has 0 atom stereocenters. The monoisotopic (exact) mass is 262 g/mol. The molecule has 1 aromatic carbocycles. The Kier molecular flexibility index (Phi) is 2.67. The minimum absolute atomic E-state index is 0.0381. The van der Waals surface area contributed by atoms with Crippen LogP contribution in [0.3, 0.4) is 0 Å². The molecule has 0 saturated carbocycles. The summed E-state index contributed by atoms with van der Waals surface area (Å²) in [4.78, 5) is 24.4. The molecule has 8 heteroatoms. The summed E-state index contributed by atoms with van der Waals surface area (Å²) in [5.41, 5.74) is -0.385. The van der Waals surface area contributed by atoms with Gasteiger partial charge in [-0.05, 0) is 6.07 Å². The van der Waals surface area contributed by atoms with E-state index in [1.165, 1.54) is 0 Å². The summed E-state index contributed by atoms with van der Waals surface area (Å²) in [6.07, 6.45) is 0. The highest BCUT2D eigenvalue weighted by Crippen LogP contribution is 2.35. The fourth-order valence-corrected chi connectivity index (χ4v) is 1.78. The lowest BCUT2D eigenvalue weighted by Crippen LogP contribution is -2.26. The lowest BCUT2D eigenvalue weighted by molar-refractivity contribution is 0.173. The van der Waals surface area contributed by atoms with E-state index in [-0.39, 0.29) is 12.6 Å². The Morgan fingerprint density at radius 3 is 3.05 bits per heavy atom. The molecule has 0 aliphatic carbocycles. The largest absolute Gasteiger partial charge is 0.454 e. The number of aromatic nitrogens is 3. The highest BCUT2D eigenvalue weighted by molar-refractivity contribution is 5.49. The standard InChI is InChI=1S/C11H10N4O4/c16-10-9(14-15-11(17)13-10)12-4-6-2-1-3-7-8(6)19-5-18-7/h1-3H,4-5H2,(H,12,14)(H2,13,15,16,17). The summed E-state index contributed by atoms with van der Waals surface area (Å²) >= 11 is 0. The van der Waals surface area contributed by atoms with Gasteiger partial charge in [0.05, 0.1) is 0 Å². The van der Waals surface area contributed by atoms with Crippen molar-refractivity contribution in [1.29, 1.82) is 0 Å². The zero-order valence-electron chi connectivity index (χ0n) is 9.73. The van der Waals surface area contributed by atoms with Crippen LogP contribution in [0.15, 0.2) is 27.8 Å². The smallest absolute Gasteiger partial charge is 0.342 e. The van der Waals surface area contributed by atoms with Crippen LogP contribution in [0.25, 0.3) is 0 Å². The second-order valence-corrected chi connectivity index (χ2v) is 3.86. The molecule has 1 aliphatic heterocycles. The van der Waals surface area contributed by atoms with E-state index in [1.54, 1.807) is 6.07 Å². The maximum atomic E-state index is 11.4. The van der Waals surface area contributed by atoms with Gasteiger partial charge in [-0.3, -0.25) is 9.78 Å². The van der Waals surface area contributed by atoms with E-state index in [4.69, 9.17) is 9.47 Å². The number of para-hydroxylation sites is 1. The second-order valence-electron chi connectivity index (χ2n) is 3.86. The molecule has 0 unspecified atom stereocenters. The highest BCUT2D eigenvalue weighted by atomic mass is 16.7. The third kappa shape index (κ3) is 2.15.